The number of carbonyl (C=O) groups is 2. The highest BCUT2D eigenvalue weighted by Crippen LogP contribution is 2.34. The lowest BCUT2D eigenvalue weighted by atomic mass is 10.1. The number of rotatable bonds is 3. The molecule has 1 aromatic heterocycles. The summed E-state index contributed by atoms with van der Waals surface area (Å²) in [5.74, 6) is -1.84. The van der Waals surface area contributed by atoms with E-state index in [1.807, 2.05) is 31.2 Å². The number of hydrogen-bond donors (Lipinski definition) is 0. The number of halogens is 1. The van der Waals surface area contributed by atoms with Gasteiger partial charge < -0.3 is 9.90 Å². The zero-order valence-corrected chi connectivity index (χ0v) is 14.8. The van der Waals surface area contributed by atoms with Crippen LogP contribution in [0.3, 0.4) is 0 Å². The number of aliphatic carboxylic acids is 1. The molecule has 0 saturated carbocycles. The fourth-order valence-electron chi connectivity index (χ4n) is 2.28. The van der Waals surface area contributed by atoms with Gasteiger partial charge in [-0.3, -0.25) is 9.69 Å². The smallest absolute Gasteiger partial charge is 0.266 e. The van der Waals surface area contributed by atoms with Crippen molar-refractivity contribution in [2.24, 2.45) is 0 Å². The summed E-state index contributed by atoms with van der Waals surface area (Å²) >= 11 is 12.3. The lowest BCUT2D eigenvalue weighted by Crippen LogP contribution is -2.40. The average molecular weight is 378 g/mol. The van der Waals surface area contributed by atoms with Crippen molar-refractivity contribution in [3.05, 3.63) is 45.5 Å². The first kappa shape index (κ1) is 16.9. The molecule has 1 amide bonds. The van der Waals surface area contributed by atoms with Gasteiger partial charge >= 0.3 is 0 Å². The summed E-state index contributed by atoms with van der Waals surface area (Å²) in [6.45, 7) is 1.40. The summed E-state index contributed by atoms with van der Waals surface area (Å²) in [5, 5.41) is 11.9. The first-order valence-electron chi connectivity index (χ1n) is 6.87. The summed E-state index contributed by atoms with van der Waals surface area (Å²) < 4.78 is 0.177. The van der Waals surface area contributed by atoms with E-state index < -0.39 is 18.4 Å². The molecule has 0 bridgehead atoms. The Kier molecular flexibility index (Phi) is 4.58. The number of benzene rings is 1. The number of aryl methyl sites for hydroxylation is 1. The molecule has 1 aliphatic heterocycles. The van der Waals surface area contributed by atoms with Crippen molar-refractivity contribution in [2.75, 3.05) is 6.54 Å². The second-order valence-electron chi connectivity index (χ2n) is 5.20. The summed E-state index contributed by atoms with van der Waals surface area (Å²) in [4.78, 5) is 28.6. The Morgan fingerprint density at radius 3 is 2.92 bits per heavy atom. The summed E-state index contributed by atoms with van der Waals surface area (Å²) in [6, 6.07) is 7.63. The number of fused-ring (bicyclic) bond motifs is 1. The van der Waals surface area contributed by atoms with E-state index in [0.717, 1.165) is 33.1 Å². The van der Waals surface area contributed by atoms with Crippen molar-refractivity contribution in [2.45, 2.75) is 6.92 Å². The summed E-state index contributed by atoms with van der Waals surface area (Å²) in [6.07, 6.45) is 1.57. The maximum Gasteiger partial charge on any atom is 0.266 e. The molecule has 0 N–H and O–H groups in total. The zero-order chi connectivity index (χ0) is 17.4. The Hall–Kier alpha value is -1.96. The highest BCUT2D eigenvalue weighted by atomic mass is 35.5. The molecule has 2 heterocycles. The van der Waals surface area contributed by atoms with Gasteiger partial charge in [-0.2, -0.15) is 0 Å². The number of hydrogen-bond acceptors (Lipinski definition) is 6. The third-order valence-corrected chi connectivity index (χ3v) is 5.08. The van der Waals surface area contributed by atoms with Crippen molar-refractivity contribution in [3.8, 4) is 0 Å². The molecule has 0 unspecified atom stereocenters. The molecule has 1 aromatic carbocycles. The number of amides is 1. The minimum atomic E-state index is -1.37. The third kappa shape index (κ3) is 3.28. The Morgan fingerprint density at radius 2 is 2.21 bits per heavy atom. The van der Waals surface area contributed by atoms with Crippen molar-refractivity contribution >= 4 is 68.8 Å². The van der Waals surface area contributed by atoms with Crippen LogP contribution in [0.5, 0.6) is 0 Å². The molecular weight excluding hydrogens is 368 g/mol. The molecular formula is C16H10ClN2O3S2-. The number of carbonyl (C=O) groups excluding carboxylic acids is 2. The van der Waals surface area contributed by atoms with Gasteiger partial charge in [0.25, 0.3) is 5.91 Å². The number of aromatic nitrogens is 1. The van der Waals surface area contributed by atoms with Crippen molar-refractivity contribution < 1.29 is 14.7 Å². The molecule has 3 rings (SSSR count). The van der Waals surface area contributed by atoms with E-state index in [1.54, 1.807) is 6.08 Å². The Morgan fingerprint density at radius 1 is 1.46 bits per heavy atom. The highest BCUT2D eigenvalue weighted by Gasteiger charge is 2.32. The van der Waals surface area contributed by atoms with Gasteiger partial charge in [0.05, 0.1) is 22.9 Å². The van der Waals surface area contributed by atoms with Crippen LogP contribution >= 0.6 is 35.6 Å². The van der Waals surface area contributed by atoms with Crippen LogP contribution in [0.15, 0.2) is 29.2 Å². The first-order chi connectivity index (χ1) is 11.3. The largest absolute Gasteiger partial charge is 0.548 e. The topological polar surface area (TPSA) is 73.3 Å². The minimum Gasteiger partial charge on any atom is -0.548 e. The zero-order valence-electron chi connectivity index (χ0n) is 12.4. The number of carboxylic acid groups (broad SMARTS) is 1. The molecule has 0 radical (unpaired) electrons. The average Bonchev–Trinajstić information content (AvgIpc) is 2.75. The number of thiocarbonyl (C=S) groups is 1. The Bertz CT molecular complexity index is 927. The van der Waals surface area contributed by atoms with E-state index in [1.165, 1.54) is 0 Å². The Balaban J connectivity index is 1.99. The fourth-order valence-corrected chi connectivity index (χ4v) is 3.72. The van der Waals surface area contributed by atoms with Crippen LogP contribution in [0.25, 0.3) is 17.0 Å². The van der Waals surface area contributed by atoms with Gasteiger partial charge in [0, 0.05) is 10.9 Å². The van der Waals surface area contributed by atoms with Crippen molar-refractivity contribution in [1.29, 1.82) is 0 Å². The molecule has 0 spiro atoms. The van der Waals surface area contributed by atoms with E-state index in [-0.39, 0.29) is 9.47 Å². The lowest BCUT2D eigenvalue weighted by Gasteiger charge is -2.14. The van der Waals surface area contributed by atoms with Crippen LogP contribution in [0.4, 0.5) is 0 Å². The summed E-state index contributed by atoms with van der Waals surface area (Å²) in [7, 11) is 0. The molecule has 24 heavy (non-hydrogen) atoms. The molecule has 8 heteroatoms. The molecule has 122 valence electrons. The SMILES string of the molecule is Cc1ccc2cc(/C=C3\SC(=S)N(CC(=O)[O-])C3=O)c(Cl)nc2c1. The van der Waals surface area contributed by atoms with Gasteiger partial charge in [0.15, 0.2) is 0 Å². The predicted molar refractivity (Wildman–Crippen MR) is 96.4 cm³/mol. The van der Waals surface area contributed by atoms with Crippen LogP contribution < -0.4 is 5.11 Å². The van der Waals surface area contributed by atoms with E-state index in [2.05, 4.69) is 4.98 Å². The van der Waals surface area contributed by atoms with E-state index in [9.17, 15) is 14.7 Å². The molecule has 2 aromatic rings. The van der Waals surface area contributed by atoms with Crippen LogP contribution in [-0.4, -0.2) is 32.6 Å². The Labute approximate surface area is 152 Å². The minimum absolute atomic E-state index is 0.177. The first-order valence-corrected chi connectivity index (χ1v) is 8.47. The monoisotopic (exact) mass is 377 g/mol. The molecule has 1 saturated heterocycles. The molecule has 0 aliphatic carbocycles. The quantitative estimate of drug-likeness (QED) is 0.463. The second kappa shape index (κ2) is 6.51. The molecule has 1 fully saturated rings. The molecule has 5 nitrogen and oxygen atoms in total. The fraction of sp³-hybridized carbons (Fsp3) is 0.125. The van der Waals surface area contributed by atoms with Gasteiger partial charge in [0.1, 0.15) is 9.47 Å². The molecule has 0 atom stereocenters. The summed E-state index contributed by atoms with van der Waals surface area (Å²) in [5.41, 5.74) is 2.41. The van der Waals surface area contributed by atoms with Crippen molar-refractivity contribution in [1.82, 2.24) is 9.88 Å². The van der Waals surface area contributed by atoms with Crippen molar-refractivity contribution in [3.63, 3.8) is 0 Å². The van der Waals surface area contributed by atoms with E-state index in [0.29, 0.717) is 10.5 Å². The maximum absolute atomic E-state index is 12.3. The van der Waals surface area contributed by atoms with Gasteiger partial charge in [-0.1, -0.05) is 47.7 Å². The van der Waals surface area contributed by atoms with Gasteiger partial charge in [0.2, 0.25) is 0 Å². The van der Waals surface area contributed by atoms with E-state index in [4.69, 9.17) is 23.8 Å². The third-order valence-electron chi connectivity index (χ3n) is 3.40. The highest BCUT2D eigenvalue weighted by molar-refractivity contribution is 8.26. The number of pyridine rings is 1. The number of thioether (sulfide) groups is 1. The lowest BCUT2D eigenvalue weighted by molar-refractivity contribution is -0.305. The number of carboxylic acids is 1. The normalized spacial score (nSPS) is 16.4. The van der Waals surface area contributed by atoms with Gasteiger partial charge in [-0.05, 0) is 30.7 Å². The second-order valence-corrected chi connectivity index (χ2v) is 7.24. The predicted octanol–water partition coefficient (Wildman–Crippen LogP) is 2.15. The van der Waals surface area contributed by atoms with Crippen LogP contribution in [-0.2, 0) is 9.59 Å². The van der Waals surface area contributed by atoms with Crippen LogP contribution in [0.2, 0.25) is 5.15 Å². The van der Waals surface area contributed by atoms with Crippen LogP contribution in [0, 0.1) is 6.92 Å². The van der Waals surface area contributed by atoms with Crippen LogP contribution in [0.1, 0.15) is 11.1 Å². The maximum atomic E-state index is 12.3. The van der Waals surface area contributed by atoms with Gasteiger partial charge in [-0.15, -0.1) is 0 Å². The van der Waals surface area contributed by atoms with E-state index >= 15 is 0 Å². The number of nitrogens with zero attached hydrogens (tertiary/aromatic N) is 2. The van der Waals surface area contributed by atoms with Gasteiger partial charge in [-0.25, -0.2) is 4.98 Å². The molecule has 1 aliphatic rings. The standard InChI is InChI=1S/C16H11ClN2O3S2/c1-8-2-3-9-5-10(14(17)18-11(9)4-8)6-12-15(22)19(7-13(20)21)16(23)24-12/h2-6H,7H2,1H3,(H,20,21)/p-1/b12-6-.